The molecule has 8 heteroatoms. The van der Waals surface area contributed by atoms with Gasteiger partial charge in [-0.15, -0.1) is 0 Å². The van der Waals surface area contributed by atoms with E-state index in [2.05, 4.69) is 29.9 Å². The maximum absolute atomic E-state index is 5.47. The Kier molecular flexibility index (Phi) is 4.66. The summed E-state index contributed by atoms with van der Waals surface area (Å²) in [7, 11) is 0. The molecular formula is C16H23N7O. The quantitative estimate of drug-likeness (QED) is 0.784. The number of ether oxygens (including phenoxy) is 1. The van der Waals surface area contributed by atoms with Gasteiger partial charge < -0.3 is 9.64 Å². The first-order valence-corrected chi connectivity index (χ1v) is 8.60. The molecule has 4 heterocycles. The molecule has 0 amide bonds. The van der Waals surface area contributed by atoms with Gasteiger partial charge in [0.05, 0.1) is 18.9 Å². The lowest BCUT2D eigenvalue weighted by Crippen LogP contribution is -2.39. The van der Waals surface area contributed by atoms with Crippen LogP contribution in [0, 0.1) is 0 Å². The van der Waals surface area contributed by atoms with Gasteiger partial charge in [-0.1, -0.05) is 0 Å². The second kappa shape index (κ2) is 7.23. The second-order valence-corrected chi connectivity index (χ2v) is 6.26. The van der Waals surface area contributed by atoms with Gasteiger partial charge in [-0.2, -0.15) is 5.10 Å². The number of aromatic nitrogens is 5. The fourth-order valence-corrected chi connectivity index (χ4v) is 3.43. The van der Waals surface area contributed by atoms with E-state index in [0.29, 0.717) is 0 Å². The number of aryl methyl sites for hydroxylation is 1. The molecule has 8 nitrogen and oxygen atoms in total. The third kappa shape index (κ3) is 3.39. The van der Waals surface area contributed by atoms with Gasteiger partial charge in [0.1, 0.15) is 24.8 Å². The normalized spacial score (nSPS) is 18.6. The summed E-state index contributed by atoms with van der Waals surface area (Å²) in [6.45, 7) is 7.33. The molecule has 128 valence electrons. The predicted octanol–water partition coefficient (Wildman–Crippen LogP) is 0.353. The third-order valence-electron chi connectivity index (χ3n) is 4.70. The van der Waals surface area contributed by atoms with Crippen LogP contribution in [0.25, 0.3) is 0 Å². The summed E-state index contributed by atoms with van der Waals surface area (Å²) in [5.41, 5.74) is 2.51. The number of hydrogen-bond acceptors (Lipinski definition) is 7. The van der Waals surface area contributed by atoms with Crippen LogP contribution >= 0.6 is 0 Å². The lowest BCUT2D eigenvalue weighted by atomic mass is 10.1. The van der Waals surface area contributed by atoms with E-state index in [1.807, 2.05) is 4.68 Å². The van der Waals surface area contributed by atoms with E-state index in [1.165, 1.54) is 11.3 Å². The first-order chi connectivity index (χ1) is 11.9. The van der Waals surface area contributed by atoms with Crippen LogP contribution in [0.1, 0.15) is 17.7 Å². The van der Waals surface area contributed by atoms with Crippen molar-refractivity contribution in [2.24, 2.45) is 0 Å². The van der Waals surface area contributed by atoms with E-state index in [9.17, 15) is 0 Å². The van der Waals surface area contributed by atoms with Gasteiger partial charge in [-0.25, -0.2) is 15.0 Å². The summed E-state index contributed by atoms with van der Waals surface area (Å²) in [5, 5.41) is 4.16. The van der Waals surface area contributed by atoms with Crippen molar-refractivity contribution >= 4 is 5.82 Å². The molecule has 0 spiro atoms. The molecular weight excluding hydrogens is 306 g/mol. The number of fused-ring (bicyclic) bond motifs is 1. The Labute approximate surface area is 141 Å². The van der Waals surface area contributed by atoms with Gasteiger partial charge in [-0.05, 0) is 6.42 Å². The highest BCUT2D eigenvalue weighted by Gasteiger charge is 2.24. The van der Waals surface area contributed by atoms with E-state index >= 15 is 0 Å². The fraction of sp³-hybridized carbons (Fsp3) is 0.625. The highest BCUT2D eigenvalue weighted by Crippen LogP contribution is 2.26. The molecule has 0 bridgehead atoms. The third-order valence-corrected chi connectivity index (χ3v) is 4.70. The van der Waals surface area contributed by atoms with Crippen LogP contribution < -0.4 is 4.90 Å². The molecule has 0 unspecified atom stereocenters. The van der Waals surface area contributed by atoms with Crippen molar-refractivity contribution in [2.45, 2.75) is 25.9 Å². The first kappa shape index (κ1) is 15.5. The van der Waals surface area contributed by atoms with Crippen molar-refractivity contribution in [2.75, 3.05) is 44.3 Å². The molecule has 2 aliphatic heterocycles. The van der Waals surface area contributed by atoms with Crippen LogP contribution in [0.5, 0.6) is 0 Å². The lowest BCUT2D eigenvalue weighted by molar-refractivity contribution is 0.122. The molecule has 0 radical (unpaired) electrons. The molecule has 0 aromatic carbocycles. The minimum absolute atomic E-state index is 0.778. The van der Waals surface area contributed by atoms with Crippen LogP contribution in [0.4, 0.5) is 5.82 Å². The Morgan fingerprint density at radius 3 is 2.79 bits per heavy atom. The molecule has 1 saturated heterocycles. The highest BCUT2D eigenvalue weighted by molar-refractivity contribution is 5.49. The molecule has 0 atom stereocenters. The van der Waals surface area contributed by atoms with E-state index in [4.69, 9.17) is 4.74 Å². The van der Waals surface area contributed by atoms with Crippen LogP contribution in [-0.4, -0.2) is 69.0 Å². The minimum Gasteiger partial charge on any atom is -0.378 e. The average molecular weight is 329 g/mol. The van der Waals surface area contributed by atoms with Crippen molar-refractivity contribution in [1.29, 1.82) is 0 Å². The van der Waals surface area contributed by atoms with Gasteiger partial charge >= 0.3 is 0 Å². The zero-order valence-electron chi connectivity index (χ0n) is 13.8. The summed E-state index contributed by atoms with van der Waals surface area (Å²) in [6.07, 6.45) is 7.14. The van der Waals surface area contributed by atoms with Gasteiger partial charge in [0, 0.05) is 51.3 Å². The maximum atomic E-state index is 5.47. The Morgan fingerprint density at radius 2 is 1.96 bits per heavy atom. The average Bonchev–Trinajstić information content (AvgIpc) is 3.15. The van der Waals surface area contributed by atoms with Gasteiger partial charge in [0.15, 0.2) is 0 Å². The second-order valence-electron chi connectivity index (χ2n) is 6.26. The standard InChI is InChI=1S/C16H23N7O/c1(4-23-13-17-11-20-23)3-21-5-2-15-14(10-21)16(19-12-18-15)22-6-8-24-9-7-22/h11-13H,1-10H2. The van der Waals surface area contributed by atoms with E-state index in [0.717, 1.165) is 71.1 Å². The Balaban J connectivity index is 1.41. The topological polar surface area (TPSA) is 72.2 Å². The lowest BCUT2D eigenvalue weighted by Gasteiger charge is -2.34. The molecule has 2 aliphatic rings. The Morgan fingerprint density at radius 1 is 1.04 bits per heavy atom. The number of rotatable bonds is 5. The summed E-state index contributed by atoms with van der Waals surface area (Å²) in [5.74, 6) is 1.10. The molecule has 24 heavy (non-hydrogen) atoms. The van der Waals surface area contributed by atoms with Gasteiger partial charge in [0.2, 0.25) is 0 Å². The largest absolute Gasteiger partial charge is 0.378 e. The van der Waals surface area contributed by atoms with Crippen LogP contribution in [0.15, 0.2) is 19.0 Å². The van der Waals surface area contributed by atoms with Gasteiger partial charge in [0.25, 0.3) is 0 Å². The maximum Gasteiger partial charge on any atom is 0.137 e. The molecule has 2 aromatic heterocycles. The summed E-state index contributed by atoms with van der Waals surface area (Å²) < 4.78 is 7.36. The fourth-order valence-electron chi connectivity index (χ4n) is 3.43. The SMILES string of the molecule is c1nc2c(c(N3CCOCC3)n1)CN(CCCn1cncn1)CC2. The summed E-state index contributed by atoms with van der Waals surface area (Å²) in [6, 6.07) is 0. The summed E-state index contributed by atoms with van der Waals surface area (Å²) >= 11 is 0. The zero-order valence-corrected chi connectivity index (χ0v) is 13.8. The molecule has 2 aromatic rings. The van der Waals surface area contributed by atoms with E-state index in [-0.39, 0.29) is 0 Å². The predicted molar refractivity (Wildman–Crippen MR) is 88.7 cm³/mol. The van der Waals surface area contributed by atoms with Crippen molar-refractivity contribution < 1.29 is 4.74 Å². The van der Waals surface area contributed by atoms with Gasteiger partial charge in [-0.3, -0.25) is 9.58 Å². The first-order valence-electron chi connectivity index (χ1n) is 8.60. The van der Waals surface area contributed by atoms with Crippen LogP contribution in [0.3, 0.4) is 0 Å². The Hall–Kier alpha value is -2.06. The number of nitrogens with zero attached hydrogens (tertiary/aromatic N) is 7. The smallest absolute Gasteiger partial charge is 0.137 e. The van der Waals surface area contributed by atoms with Crippen molar-refractivity contribution in [1.82, 2.24) is 29.6 Å². The van der Waals surface area contributed by atoms with E-state index < -0.39 is 0 Å². The molecule has 1 fully saturated rings. The monoisotopic (exact) mass is 329 g/mol. The van der Waals surface area contributed by atoms with Crippen LogP contribution in [-0.2, 0) is 24.2 Å². The number of morpholine rings is 1. The Bertz CT molecular complexity index is 654. The van der Waals surface area contributed by atoms with Crippen molar-refractivity contribution in [3.63, 3.8) is 0 Å². The van der Waals surface area contributed by atoms with Crippen molar-refractivity contribution in [3.8, 4) is 0 Å². The van der Waals surface area contributed by atoms with Crippen molar-refractivity contribution in [3.05, 3.63) is 30.2 Å². The number of hydrogen-bond donors (Lipinski definition) is 0. The minimum atomic E-state index is 0.778. The van der Waals surface area contributed by atoms with E-state index in [1.54, 1.807) is 19.0 Å². The molecule has 0 N–H and O–H groups in total. The summed E-state index contributed by atoms with van der Waals surface area (Å²) in [4.78, 5) is 17.9. The molecule has 0 aliphatic carbocycles. The molecule has 0 saturated carbocycles. The zero-order chi connectivity index (χ0) is 16.2. The molecule has 4 rings (SSSR count). The van der Waals surface area contributed by atoms with Crippen LogP contribution in [0.2, 0.25) is 0 Å². The highest BCUT2D eigenvalue weighted by atomic mass is 16.5. The number of anilines is 1.